The van der Waals surface area contributed by atoms with Crippen LogP contribution in [0.15, 0.2) is 21.9 Å². The van der Waals surface area contributed by atoms with E-state index in [2.05, 4.69) is 4.98 Å². The van der Waals surface area contributed by atoms with Gasteiger partial charge in [0.25, 0.3) is 0 Å². The number of carbonyl (C=O) groups is 2. The maximum Gasteiger partial charge on any atom is 0.410 e. The van der Waals surface area contributed by atoms with Gasteiger partial charge in [-0.1, -0.05) is 23.9 Å². The van der Waals surface area contributed by atoms with Gasteiger partial charge < -0.3 is 14.9 Å². The fourth-order valence-corrected chi connectivity index (χ4v) is 4.59. The van der Waals surface area contributed by atoms with Crippen molar-refractivity contribution in [3.8, 4) is 0 Å². The third-order valence-corrected chi connectivity index (χ3v) is 6.37. The number of aromatic carboxylic acids is 1. The summed E-state index contributed by atoms with van der Waals surface area (Å²) in [5.74, 6) is -0.609. The molecular formula is C18H23F3N2O5S2. The van der Waals surface area contributed by atoms with Gasteiger partial charge in [0.15, 0.2) is 10.0 Å². The summed E-state index contributed by atoms with van der Waals surface area (Å²) in [7, 11) is 0. The van der Waals surface area contributed by atoms with Gasteiger partial charge in [0.05, 0.1) is 11.6 Å². The van der Waals surface area contributed by atoms with Crippen molar-refractivity contribution in [3.05, 3.63) is 23.2 Å². The molecule has 0 radical (unpaired) electrons. The van der Waals surface area contributed by atoms with Crippen LogP contribution in [0.5, 0.6) is 0 Å². The number of rotatable bonds is 11. The van der Waals surface area contributed by atoms with E-state index in [1.54, 1.807) is 12.2 Å². The summed E-state index contributed by atoms with van der Waals surface area (Å²) in [4.78, 5) is 28.2. The number of ether oxygens (including phenoxy) is 1. The Bertz CT molecular complexity index is 767. The fourth-order valence-electron chi connectivity index (χ4n) is 2.79. The molecule has 1 unspecified atom stereocenters. The predicted octanol–water partition coefficient (Wildman–Crippen LogP) is 4.18. The van der Waals surface area contributed by atoms with E-state index < -0.39 is 30.3 Å². The molecule has 1 saturated heterocycles. The van der Waals surface area contributed by atoms with Crippen LogP contribution >= 0.6 is 23.1 Å². The molecule has 0 bridgehead atoms. The third kappa shape index (κ3) is 8.15. The largest absolute Gasteiger partial charge is 0.476 e. The number of halogens is 3. The number of amides is 1. The van der Waals surface area contributed by atoms with Crippen molar-refractivity contribution in [2.75, 3.05) is 18.9 Å². The number of carboxylic acid groups (broad SMARTS) is 1. The Morgan fingerprint density at radius 3 is 2.83 bits per heavy atom. The summed E-state index contributed by atoms with van der Waals surface area (Å²) >= 11 is 2.54. The van der Waals surface area contributed by atoms with Crippen molar-refractivity contribution in [3.63, 3.8) is 0 Å². The molecule has 0 aliphatic carbocycles. The lowest BCUT2D eigenvalue weighted by atomic mass is 9.94. The van der Waals surface area contributed by atoms with Crippen LogP contribution in [0.2, 0.25) is 0 Å². The molecule has 0 saturated carbocycles. The quantitative estimate of drug-likeness (QED) is 0.371. The van der Waals surface area contributed by atoms with E-state index in [-0.39, 0.29) is 37.6 Å². The van der Waals surface area contributed by atoms with Gasteiger partial charge in [0, 0.05) is 24.1 Å². The van der Waals surface area contributed by atoms with Crippen molar-refractivity contribution in [2.24, 2.45) is 0 Å². The van der Waals surface area contributed by atoms with Crippen LogP contribution in [-0.4, -0.2) is 68.9 Å². The molecule has 2 heterocycles. The van der Waals surface area contributed by atoms with Crippen LogP contribution in [0.4, 0.5) is 18.0 Å². The highest BCUT2D eigenvalue weighted by molar-refractivity contribution is 8.01. The first kappa shape index (κ1) is 24.5. The number of aliphatic hydroxyl groups is 1. The summed E-state index contributed by atoms with van der Waals surface area (Å²) in [6.07, 6.45) is -2.26. The van der Waals surface area contributed by atoms with Crippen molar-refractivity contribution in [1.29, 1.82) is 0 Å². The average molecular weight is 469 g/mol. The summed E-state index contributed by atoms with van der Waals surface area (Å²) in [5.41, 5.74) is -1.29. The first-order valence-corrected chi connectivity index (χ1v) is 11.0. The number of cyclic esters (lactones) is 1. The Labute approximate surface area is 179 Å². The van der Waals surface area contributed by atoms with Gasteiger partial charge in [0.1, 0.15) is 6.61 Å². The summed E-state index contributed by atoms with van der Waals surface area (Å²) in [5, 5.41) is 20.6. The molecule has 1 aliphatic rings. The van der Waals surface area contributed by atoms with E-state index in [0.29, 0.717) is 16.6 Å². The molecule has 1 fully saturated rings. The number of hydrogen-bond acceptors (Lipinski definition) is 7. The summed E-state index contributed by atoms with van der Waals surface area (Å²) < 4.78 is 42.3. The maximum atomic E-state index is 12.2. The van der Waals surface area contributed by atoms with Gasteiger partial charge in [-0.05, 0) is 26.2 Å². The van der Waals surface area contributed by atoms with Crippen molar-refractivity contribution in [1.82, 2.24) is 9.88 Å². The van der Waals surface area contributed by atoms with Gasteiger partial charge in [-0.15, -0.1) is 11.3 Å². The molecule has 1 aromatic rings. The second-order valence-corrected chi connectivity index (χ2v) is 9.29. The molecule has 2 N–H and O–H groups in total. The van der Waals surface area contributed by atoms with E-state index in [9.17, 15) is 27.9 Å². The van der Waals surface area contributed by atoms with Gasteiger partial charge in [0.2, 0.25) is 0 Å². The predicted molar refractivity (Wildman–Crippen MR) is 106 cm³/mol. The molecule has 0 aromatic carbocycles. The van der Waals surface area contributed by atoms with Gasteiger partial charge >= 0.3 is 18.2 Å². The summed E-state index contributed by atoms with van der Waals surface area (Å²) in [6.45, 7) is 1.98. The zero-order chi connectivity index (χ0) is 22.4. The first-order chi connectivity index (χ1) is 14.0. The minimum atomic E-state index is -4.24. The Morgan fingerprint density at radius 1 is 1.47 bits per heavy atom. The van der Waals surface area contributed by atoms with E-state index in [1.165, 1.54) is 40.3 Å². The molecule has 1 aliphatic heterocycles. The standard InChI is InChI=1S/C18H23F3N2O5S2/c1-17(27,6-3-7-18(19,20)21)5-2-4-12-10-28-16(26)23(12)8-9-29-15-22-13(11-30-15)14(24)25/h2,4,11-12,27H,3,5-10H2,1H3,(H,24,25)/t12-,17?/m0/s1. The number of carbonyl (C=O) groups excluding carboxylic acids is 1. The van der Waals surface area contributed by atoms with Crippen LogP contribution in [0.1, 0.15) is 43.1 Å². The molecule has 2 atom stereocenters. The van der Waals surface area contributed by atoms with Crippen molar-refractivity contribution in [2.45, 2.75) is 54.8 Å². The molecule has 30 heavy (non-hydrogen) atoms. The highest BCUT2D eigenvalue weighted by atomic mass is 32.2. The van der Waals surface area contributed by atoms with E-state index in [4.69, 9.17) is 9.84 Å². The lowest BCUT2D eigenvalue weighted by molar-refractivity contribution is -0.137. The molecule has 168 valence electrons. The highest BCUT2D eigenvalue weighted by Gasteiger charge is 2.31. The molecule has 1 amide bonds. The molecule has 7 nitrogen and oxygen atoms in total. The molecule has 0 spiro atoms. The van der Waals surface area contributed by atoms with E-state index in [0.717, 1.165) is 0 Å². The van der Waals surface area contributed by atoms with E-state index >= 15 is 0 Å². The number of thiazole rings is 1. The summed E-state index contributed by atoms with van der Waals surface area (Å²) in [6, 6.07) is -0.338. The van der Waals surface area contributed by atoms with Gasteiger partial charge in [-0.3, -0.25) is 4.90 Å². The average Bonchev–Trinajstić information content (AvgIpc) is 3.22. The lowest BCUT2D eigenvalue weighted by Crippen LogP contribution is -2.34. The zero-order valence-electron chi connectivity index (χ0n) is 16.2. The van der Waals surface area contributed by atoms with Crippen LogP contribution in [0, 0.1) is 0 Å². The van der Waals surface area contributed by atoms with Crippen LogP contribution in [0.3, 0.4) is 0 Å². The Morgan fingerprint density at radius 2 is 2.20 bits per heavy atom. The number of hydrogen-bond donors (Lipinski definition) is 2. The zero-order valence-corrected chi connectivity index (χ0v) is 17.9. The van der Waals surface area contributed by atoms with Crippen molar-refractivity contribution >= 4 is 35.2 Å². The smallest absolute Gasteiger partial charge is 0.410 e. The molecule has 2 rings (SSSR count). The van der Waals surface area contributed by atoms with Gasteiger partial charge in [-0.25, -0.2) is 14.6 Å². The molecular weight excluding hydrogens is 445 g/mol. The van der Waals surface area contributed by atoms with Crippen LogP contribution < -0.4 is 0 Å². The Kier molecular flexibility index (Phi) is 8.56. The van der Waals surface area contributed by atoms with Crippen LogP contribution in [-0.2, 0) is 4.74 Å². The topological polar surface area (TPSA) is 100.0 Å². The number of thioether (sulfide) groups is 1. The normalized spacial score (nSPS) is 19.3. The monoisotopic (exact) mass is 468 g/mol. The second kappa shape index (κ2) is 10.5. The third-order valence-electron chi connectivity index (χ3n) is 4.36. The number of alkyl halides is 3. The SMILES string of the molecule is CC(O)(CC=C[C@H]1COC(=O)N1CCSc1nc(C(=O)O)cs1)CCCC(F)(F)F. The highest BCUT2D eigenvalue weighted by Crippen LogP contribution is 2.27. The van der Waals surface area contributed by atoms with E-state index in [1.807, 2.05) is 0 Å². The Balaban J connectivity index is 1.79. The molecule has 12 heteroatoms. The number of aromatic nitrogens is 1. The number of carboxylic acids is 1. The number of nitrogens with zero attached hydrogens (tertiary/aromatic N) is 2. The van der Waals surface area contributed by atoms with Gasteiger partial charge in [-0.2, -0.15) is 13.2 Å². The maximum absolute atomic E-state index is 12.2. The fraction of sp³-hybridized carbons (Fsp3) is 0.611. The minimum absolute atomic E-state index is 0.0173. The first-order valence-electron chi connectivity index (χ1n) is 9.18. The van der Waals surface area contributed by atoms with Crippen LogP contribution in [0.25, 0.3) is 0 Å². The molecule has 1 aromatic heterocycles. The van der Waals surface area contributed by atoms with Crippen molar-refractivity contribution < 1.29 is 37.7 Å². The lowest BCUT2D eigenvalue weighted by Gasteiger charge is -2.22. The minimum Gasteiger partial charge on any atom is -0.476 e. The second-order valence-electron chi connectivity index (χ2n) is 7.09. The Hall–Kier alpha value is -1.79.